The number of hydrogen-bond acceptors (Lipinski definition) is 5. The molecule has 2 N–H and O–H groups in total. The molecule has 1 aromatic heterocycles. The molecular formula is C12H21N3OS. The second kappa shape index (κ2) is 5.40. The number of rotatable bonds is 6. The monoisotopic (exact) mass is 255 g/mol. The van der Waals surface area contributed by atoms with E-state index < -0.39 is 0 Å². The molecule has 0 bridgehead atoms. The molecule has 4 nitrogen and oxygen atoms in total. The van der Waals surface area contributed by atoms with Crippen molar-refractivity contribution in [2.24, 2.45) is 11.7 Å². The minimum absolute atomic E-state index is 0.00599. The molecule has 0 amide bonds. The molecule has 96 valence electrons. The number of hydrogen-bond donors (Lipinski definition) is 1. The molecule has 0 aromatic carbocycles. The number of nitrogens with two attached hydrogens (primary N) is 1. The molecule has 0 atom stereocenters. The Balaban J connectivity index is 1.91. The van der Waals surface area contributed by atoms with Crippen molar-refractivity contribution in [1.82, 2.24) is 10.1 Å². The first kappa shape index (κ1) is 12.9. The van der Waals surface area contributed by atoms with Gasteiger partial charge in [0.1, 0.15) is 0 Å². The lowest BCUT2D eigenvalue weighted by Gasteiger charge is -2.36. The van der Waals surface area contributed by atoms with Crippen molar-refractivity contribution in [3.63, 3.8) is 0 Å². The van der Waals surface area contributed by atoms with Gasteiger partial charge in [-0.25, -0.2) is 0 Å². The van der Waals surface area contributed by atoms with Crippen LogP contribution in [0.5, 0.6) is 0 Å². The summed E-state index contributed by atoms with van der Waals surface area (Å²) in [6.07, 6.45) is 3.39. The van der Waals surface area contributed by atoms with E-state index in [0.29, 0.717) is 12.5 Å². The molecule has 0 saturated heterocycles. The smallest absolute Gasteiger partial charge is 0.234 e. The maximum absolute atomic E-state index is 5.82. The Hall–Kier alpha value is -0.550. The van der Waals surface area contributed by atoms with E-state index in [2.05, 4.69) is 24.0 Å². The summed E-state index contributed by atoms with van der Waals surface area (Å²) < 4.78 is 5.37. The van der Waals surface area contributed by atoms with Crippen molar-refractivity contribution in [2.75, 3.05) is 12.3 Å². The first-order chi connectivity index (χ1) is 8.16. The SMILES string of the molecule is CC(C)CSCc1noc(C2(CN)CCC2)n1. The van der Waals surface area contributed by atoms with E-state index >= 15 is 0 Å². The largest absolute Gasteiger partial charge is 0.339 e. The van der Waals surface area contributed by atoms with E-state index in [1.54, 1.807) is 0 Å². The number of aromatic nitrogens is 2. The molecule has 2 rings (SSSR count). The highest BCUT2D eigenvalue weighted by molar-refractivity contribution is 7.98. The fourth-order valence-corrected chi connectivity index (χ4v) is 2.91. The Morgan fingerprint density at radius 2 is 2.24 bits per heavy atom. The third-order valence-corrected chi connectivity index (χ3v) is 4.67. The Morgan fingerprint density at radius 1 is 1.47 bits per heavy atom. The average Bonchev–Trinajstić information content (AvgIpc) is 2.66. The summed E-state index contributed by atoms with van der Waals surface area (Å²) in [4.78, 5) is 4.49. The van der Waals surface area contributed by atoms with Crippen LogP contribution >= 0.6 is 11.8 Å². The molecule has 0 aliphatic heterocycles. The van der Waals surface area contributed by atoms with Crippen molar-refractivity contribution >= 4 is 11.8 Å². The van der Waals surface area contributed by atoms with Gasteiger partial charge in [-0.2, -0.15) is 16.7 Å². The quantitative estimate of drug-likeness (QED) is 0.845. The van der Waals surface area contributed by atoms with Gasteiger partial charge in [0, 0.05) is 6.54 Å². The van der Waals surface area contributed by atoms with Crippen LogP contribution < -0.4 is 5.73 Å². The summed E-state index contributed by atoms with van der Waals surface area (Å²) in [5, 5.41) is 4.05. The Bertz CT molecular complexity index is 355. The molecule has 1 aliphatic rings. The summed E-state index contributed by atoms with van der Waals surface area (Å²) in [6, 6.07) is 0. The molecule has 1 aliphatic carbocycles. The lowest BCUT2D eigenvalue weighted by Crippen LogP contribution is -2.41. The van der Waals surface area contributed by atoms with Crippen LogP contribution in [-0.4, -0.2) is 22.4 Å². The average molecular weight is 255 g/mol. The molecule has 0 radical (unpaired) electrons. The fourth-order valence-electron chi connectivity index (χ4n) is 2.02. The van der Waals surface area contributed by atoms with Gasteiger partial charge in [-0.05, 0) is 24.5 Å². The summed E-state index contributed by atoms with van der Waals surface area (Å²) in [5.74, 6) is 4.24. The molecule has 0 unspecified atom stereocenters. The number of nitrogens with zero attached hydrogens (tertiary/aromatic N) is 2. The van der Waals surface area contributed by atoms with Crippen LogP contribution in [0.25, 0.3) is 0 Å². The molecule has 1 fully saturated rings. The summed E-state index contributed by atoms with van der Waals surface area (Å²) >= 11 is 1.86. The van der Waals surface area contributed by atoms with Crippen LogP contribution in [0.1, 0.15) is 44.8 Å². The van der Waals surface area contributed by atoms with Crippen LogP contribution in [0.15, 0.2) is 4.52 Å². The highest BCUT2D eigenvalue weighted by atomic mass is 32.2. The van der Waals surface area contributed by atoms with Gasteiger partial charge in [0.2, 0.25) is 5.89 Å². The van der Waals surface area contributed by atoms with Crippen molar-refractivity contribution < 1.29 is 4.52 Å². The predicted octanol–water partition coefficient (Wildman–Crippen LogP) is 2.34. The maximum Gasteiger partial charge on any atom is 0.234 e. The molecule has 0 spiro atoms. The van der Waals surface area contributed by atoms with Crippen molar-refractivity contribution in [3.8, 4) is 0 Å². The van der Waals surface area contributed by atoms with Gasteiger partial charge in [-0.15, -0.1) is 0 Å². The van der Waals surface area contributed by atoms with E-state index in [1.807, 2.05) is 11.8 Å². The number of thioether (sulfide) groups is 1. The minimum Gasteiger partial charge on any atom is -0.339 e. The van der Waals surface area contributed by atoms with Gasteiger partial charge in [0.25, 0.3) is 0 Å². The normalized spacial score (nSPS) is 18.4. The van der Waals surface area contributed by atoms with Crippen molar-refractivity contribution in [2.45, 2.75) is 44.3 Å². The Kier molecular flexibility index (Phi) is 4.09. The molecule has 17 heavy (non-hydrogen) atoms. The van der Waals surface area contributed by atoms with Crippen LogP contribution in [0.2, 0.25) is 0 Å². The lowest BCUT2D eigenvalue weighted by atomic mass is 9.69. The molecule has 5 heteroatoms. The lowest BCUT2D eigenvalue weighted by molar-refractivity contribution is 0.181. The minimum atomic E-state index is -0.00599. The van der Waals surface area contributed by atoms with E-state index in [4.69, 9.17) is 10.3 Å². The fraction of sp³-hybridized carbons (Fsp3) is 0.833. The van der Waals surface area contributed by atoms with E-state index in [0.717, 1.165) is 36.1 Å². The summed E-state index contributed by atoms with van der Waals surface area (Å²) in [5.41, 5.74) is 5.81. The standard InChI is InChI=1S/C12H21N3OS/c1-9(2)6-17-7-10-14-11(16-15-10)12(8-13)4-3-5-12/h9H,3-8,13H2,1-2H3. The van der Waals surface area contributed by atoms with Crippen LogP contribution in [0, 0.1) is 5.92 Å². The summed E-state index contributed by atoms with van der Waals surface area (Å²) in [6.45, 7) is 5.05. The maximum atomic E-state index is 5.82. The first-order valence-electron chi connectivity index (χ1n) is 6.27. The van der Waals surface area contributed by atoms with Gasteiger partial charge in [0.05, 0.1) is 11.2 Å². The van der Waals surface area contributed by atoms with Crippen molar-refractivity contribution in [1.29, 1.82) is 0 Å². The van der Waals surface area contributed by atoms with Gasteiger partial charge in [0.15, 0.2) is 5.82 Å². The Labute approximate surface area is 107 Å². The van der Waals surface area contributed by atoms with Gasteiger partial charge in [-0.3, -0.25) is 0 Å². The van der Waals surface area contributed by atoms with Crippen LogP contribution in [0.4, 0.5) is 0 Å². The third kappa shape index (κ3) is 2.83. The van der Waals surface area contributed by atoms with Gasteiger partial charge >= 0.3 is 0 Å². The van der Waals surface area contributed by atoms with E-state index in [-0.39, 0.29) is 5.41 Å². The molecule has 1 saturated carbocycles. The Morgan fingerprint density at radius 3 is 2.76 bits per heavy atom. The van der Waals surface area contributed by atoms with E-state index in [1.165, 1.54) is 6.42 Å². The van der Waals surface area contributed by atoms with Crippen LogP contribution in [-0.2, 0) is 11.2 Å². The molecule has 1 heterocycles. The highest BCUT2D eigenvalue weighted by Crippen LogP contribution is 2.41. The topological polar surface area (TPSA) is 64.9 Å². The second-order valence-corrected chi connectivity index (χ2v) is 6.29. The predicted molar refractivity (Wildman–Crippen MR) is 69.9 cm³/mol. The van der Waals surface area contributed by atoms with Crippen molar-refractivity contribution in [3.05, 3.63) is 11.7 Å². The highest BCUT2D eigenvalue weighted by Gasteiger charge is 2.42. The summed E-state index contributed by atoms with van der Waals surface area (Å²) in [7, 11) is 0. The van der Waals surface area contributed by atoms with Gasteiger partial charge in [-0.1, -0.05) is 25.4 Å². The molecule has 1 aromatic rings. The van der Waals surface area contributed by atoms with Gasteiger partial charge < -0.3 is 10.3 Å². The van der Waals surface area contributed by atoms with Crippen LogP contribution in [0.3, 0.4) is 0 Å². The van der Waals surface area contributed by atoms with E-state index in [9.17, 15) is 0 Å². The zero-order chi connectivity index (χ0) is 12.3. The second-order valence-electron chi connectivity index (χ2n) is 5.26. The zero-order valence-corrected chi connectivity index (χ0v) is 11.4. The zero-order valence-electron chi connectivity index (χ0n) is 10.6. The third-order valence-electron chi connectivity index (χ3n) is 3.31. The molecular weight excluding hydrogens is 234 g/mol. The first-order valence-corrected chi connectivity index (χ1v) is 7.42.